The first-order valence-electron chi connectivity index (χ1n) is 1.72. The second kappa shape index (κ2) is 5.78. The highest BCUT2D eigenvalue weighted by molar-refractivity contribution is 8.47. The molecule has 48 valence electrons. The maximum atomic E-state index is 11.3. The van der Waals surface area contributed by atoms with Crippen molar-refractivity contribution in [1.29, 1.82) is 0 Å². The predicted molar refractivity (Wildman–Crippen MR) is 39.7 cm³/mol. The molecule has 0 saturated carbocycles. The molecule has 0 aromatic rings. The Hall–Kier alpha value is 0.650. The van der Waals surface area contributed by atoms with Crippen molar-refractivity contribution < 1.29 is 8.78 Å². The maximum Gasteiger partial charge on any atom is 0.141 e. The van der Waals surface area contributed by atoms with Gasteiger partial charge in [0, 0.05) is 0 Å². The molecule has 0 aromatic carbocycles. The van der Waals surface area contributed by atoms with E-state index >= 15 is 0 Å². The molecule has 0 rings (SSSR count). The predicted octanol–water partition coefficient (Wildman–Crippen LogP) is 2.59. The van der Waals surface area contributed by atoms with Gasteiger partial charge in [0.05, 0.1) is 0 Å². The number of alkyl halides is 2. The fourth-order valence-electron chi connectivity index (χ4n) is 0.131. The van der Waals surface area contributed by atoms with E-state index in [0.717, 1.165) is 23.5 Å². The average molecular weight is 174 g/mol. The van der Waals surface area contributed by atoms with E-state index < -0.39 is 12.0 Å². The molecule has 0 aliphatic carbocycles. The lowest BCUT2D eigenvalue weighted by molar-refractivity contribution is 0.607. The van der Waals surface area contributed by atoms with Gasteiger partial charge >= 0.3 is 0 Å². The fraction of sp³-hybridized carbons (Fsp3) is 0.667. The molecule has 0 fully saturated rings. The van der Waals surface area contributed by atoms with Crippen molar-refractivity contribution in [3.8, 4) is 0 Å². The summed E-state index contributed by atoms with van der Waals surface area (Å²) in [6, 6.07) is -1.13. The summed E-state index contributed by atoms with van der Waals surface area (Å²) in [7, 11) is 0. The molecule has 0 spiro atoms. The summed E-state index contributed by atoms with van der Waals surface area (Å²) in [5, 5.41) is 0. The van der Waals surface area contributed by atoms with Crippen molar-refractivity contribution in [1.82, 2.24) is 0 Å². The summed E-state index contributed by atoms with van der Waals surface area (Å²) in [4.78, 5) is 0. The lowest BCUT2D eigenvalue weighted by Gasteiger charge is -1.91. The van der Waals surface area contributed by atoms with Crippen LogP contribution < -0.4 is 0 Å². The first-order chi connectivity index (χ1) is 3.81. The van der Waals surface area contributed by atoms with E-state index in [4.69, 9.17) is 0 Å². The van der Waals surface area contributed by atoms with Crippen LogP contribution in [0, 0.1) is 0 Å². The van der Waals surface area contributed by atoms with Crippen LogP contribution >= 0.6 is 35.7 Å². The molecule has 0 atom stereocenters. The van der Waals surface area contributed by atoms with E-state index in [1.54, 1.807) is 0 Å². The third kappa shape index (κ3) is 4.80. The fourth-order valence-corrected chi connectivity index (χ4v) is 1.18. The normalized spacial score (nSPS) is 9.25. The van der Waals surface area contributed by atoms with Crippen LogP contribution in [0.5, 0.6) is 0 Å². The van der Waals surface area contributed by atoms with Crippen LogP contribution in [0.25, 0.3) is 0 Å². The van der Waals surface area contributed by atoms with Gasteiger partial charge in [-0.25, -0.2) is 8.78 Å². The van der Waals surface area contributed by atoms with Crippen LogP contribution in [0.4, 0.5) is 8.78 Å². The Bertz CT molecular complexity index is 66.9. The zero-order valence-electron chi connectivity index (χ0n) is 3.89. The Kier molecular flexibility index (Phi) is 6.25. The van der Waals surface area contributed by atoms with E-state index in [1.165, 1.54) is 0 Å². The topological polar surface area (TPSA) is 0 Å². The van der Waals surface area contributed by atoms with Gasteiger partial charge < -0.3 is 0 Å². The zero-order valence-corrected chi connectivity index (χ0v) is 6.34. The third-order valence-corrected chi connectivity index (χ3v) is 2.45. The number of hydrogen-bond donors (Lipinski definition) is 0. The van der Waals surface area contributed by atoms with Gasteiger partial charge in [-0.2, -0.15) is 0 Å². The zero-order chi connectivity index (χ0) is 6.41. The van der Waals surface area contributed by atoms with E-state index in [1.807, 2.05) is 0 Å². The van der Waals surface area contributed by atoms with Gasteiger partial charge in [-0.1, -0.05) is 35.7 Å². The van der Waals surface area contributed by atoms with Crippen molar-refractivity contribution >= 4 is 39.3 Å². The minimum atomic E-state index is -0.564. The monoisotopic (exact) mass is 174 g/mol. The van der Waals surface area contributed by atoms with E-state index in [-0.39, 0.29) is 0 Å². The lowest BCUT2D eigenvalue weighted by atomic mass is 11.8. The number of hydrogen-bond acceptors (Lipinski definition) is 3. The molecule has 0 unspecified atom stereocenters. The molecule has 8 heavy (non-hydrogen) atoms. The number of halogens is 2. The van der Waals surface area contributed by atoms with Crippen LogP contribution in [0.3, 0.4) is 0 Å². The van der Waals surface area contributed by atoms with Gasteiger partial charge in [-0.3, -0.25) is 0 Å². The molecule has 0 aliphatic rings. The van der Waals surface area contributed by atoms with Crippen LogP contribution in [-0.2, 0) is 0 Å². The molecule has 0 radical (unpaired) electrons. The van der Waals surface area contributed by atoms with Crippen LogP contribution in [0.1, 0.15) is 0 Å². The maximum absolute atomic E-state index is 11.3. The smallest absolute Gasteiger partial charge is 0.141 e. The summed E-state index contributed by atoms with van der Waals surface area (Å²) in [5.41, 5.74) is 0. The molecule has 0 aromatic heterocycles. The Labute approximate surface area is 60.4 Å². The summed E-state index contributed by atoms with van der Waals surface area (Å²) >= 11 is 6.19. The SMILES string of the molecule is FCSC(=S)SCF. The highest BCUT2D eigenvalue weighted by Gasteiger charge is 1.94. The van der Waals surface area contributed by atoms with Gasteiger partial charge in [0.2, 0.25) is 0 Å². The van der Waals surface area contributed by atoms with E-state index in [9.17, 15) is 8.78 Å². The Morgan fingerprint density at radius 2 is 1.62 bits per heavy atom. The van der Waals surface area contributed by atoms with Crippen LogP contribution in [0.2, 0.25) is 0 Å². The highest BCUT2D eigenvalue weighted by Crippen LogP contribution is 2.16. The summed E-state index contributed by atoms with van der Waals surface area (Å²) in [5.74, 6) is 0. The molecular formula is C3H4F2S3. The third-order valence-electron chi connectivity index (χ3n) is 0.345. The quantitative estimate of drug-likeness (QED) is 0.591. The number of thioether (sulfide) groups is 2. The summed E-state index contributed by atoms with van der Waals surface area (Å²) in [6.45, 7) is 0. The molecule has 0 aliphatic heterocycles. The van der Waals surface area contributed by atoms with Gasteiger partial charge in [0.15, 0.2) is 0 Å². The number of rotatable bonds is 2. The first kappa shape index (κ1) is 8.65. The van der Waals surface area contributed by atoms with Crippen LogP contribution in [0.15, 0.2) is 0 Å². The molecule has 0 N–H and O–H groups in total. The van der Waals surface area contributed by atoms with Gasteiger partial charge in [0.25, 0.3) is 0 Å². The van der Waals surface area contributed by atoms with Crippen molar-refractivity contribution in [3.63, 3.8) is 0 Å². The van der Waals surface area contributed by atoms with Gasteiger partial charge in [0.1, 0.15) is 15.5 Å². The first-order valence-corrected chi connectivity index (χ1v) is 4.10. The molecule has 0 saturated heterocycles. The van der Waals surface area contributed by atoms with Crippen molar-refractivity contribution in [3.05, 3.63) is 0 Å². The molecule has 0 heterocycles. The summed E-state index contributed by atoms with van der Waals surface area (Å²) in [6.07, 6.45) is 0. The van der Waals surface area contributed by atoms with E-state index in [2.05, 4.69) is 12.2 Å². The highest BCUT2D eigenvalue weighted by atomic mass is 32.2. The van der Waals surface area contributed by atoms with Gasteiger partial charge in [-0.15, -0.1) is 0 Å². The Morgan fingerprint density at radius 3 is 1.88 bits per heavy atom. The van der Waals surface area contributed by atoms with Crippen LogP contribution in [-0.4, -0.2) is 15.5 Å². The minimum absolute atomic E-state index is 0.329. The second-order valence-corrected chi connectivity index (χ2v) is 3.77. The van der Waals surface area contributed by atoms with Crippen molar-refractivity contribution in [2.45, 2.75) is 0 Å². The molecule has 0 nitrogen and oxygen atoms in total. The van der Waals surface area contributed by atoms with Gasteiger partial charge in [-0.05, 0) is 0 Å². The number of thiocarbonyl (C=S) groups is 1. The minimum Gasteiger partial charge on any atom is -0.239 e. The Morgan fingerprint density at radius 1 is 1.25 bits per heavy atom. The Balaban J connectivity index is 3.06. The molecular weight excluding hydrogens is 170 g/mol. The molecule has 5 heteroatoms. The lowest BCUT2D eigenvalue weighted by Crippen LogP contribution is -1.78. The molecule has 0 bridgehead atoms. The second-order valence-electron chi connectivity index (χ2n) is 0.757. The average Bonchev–Trinajstić information content (AvgIpc) is 1.68. The largest absolute Gasteiger partial charge is 0.239 e. The van der Waals surface area contributed by atoms with E-state index in [0.29, 0.717) is 3.53 Å². The summed E-state index contributed by atoms with van der Waals surface area (Å²) < 4.78 is 22.9. The molecule has 0 amide bonds. The standard InChI is InChI=1S/C3H4F2S3/c4-1-7-3(6)8-2-5/h1-2H2. The van der Waals surface area contributed by atoms with Crippen molar-refractivity contribution in [2.24, 2.45) is 0 Å². The van der Waals surface area contributed by atoms with Crippen molar-refractivity contribution in [2.75, 3.05) is 12.0 Å².